The zero-order valence-corrected chi connectivity index (χ0v) is 12.1. The van der Waals surface area contributed by atoms with Gasteiger partial charge in [0.1, 0.15) is 0 Å². The number of rotatable bonds is 5. The molecule has 0 unspecified atom stereocenters. The van der Waals surface area contributed by atoms with Crippen LogP contribution in [-0.2, 0) is 4.79 Å². The Morgan fingerprint density at radius 2 is 1.84 bits per heavy atom. The summed E-state index contributed by atoms with van der Waals surface area (Å²) in [5.74, 6) is -0.224. The SMILES string of the molecule is CCNC(=O)CN(CC)C(=O)c1ccc(C)c(C)c1. The summed E-state index contributed by atoms with van der Waals surface area (Å²) >= 11 is 0. The molecule has 2 amide bonds. The van der Waals surface area contributed by atoms with Crippen LogP contribution in [0.4, 0.5) is 0 Å². The van der Waals surface area contributed by atoms with Crippen LogP contribution in [0.25, 0.3) is 0 Å². The number of hydrogen-bond donors (Lipinski definition) is 1. The predicted molar refractivity (Wildman–Crippen MR) is 76.2 cm³/mol. The Morgan fingerprint density at radius 1 is 1.16 bits per heavy atom. The van der Waals surface area contributed by atoms with Crippen LogP contribution in [0.2, 0.25) is 0 Å². The van der Waals surface area contributed by atoms with E-state index in [1.54, 1.807) is 4.90 Å². The van der Waals surface area contributed by atoms with Crippen LogP contribution in [0, 0.1) is 13.8 Å². The van der Waals surface area contributed by atoms with Crippen LogP contribution in [0.5, 0.6) is 0 Å². The second-order valence-corrected chi connectivity index (χ2v) is 4.57. The highest BCUT2D eigenvalue weighted by Crippen LogP contribution is 2.12. The van der Waals surface area contributed by atoms with E-state index in [2.05, 4.69) is 5.32 Å². The molecule has 4 nitrogen and oxygen atoms in total. The van der Waals surface area contributed by atoms with E-state index in [1.807, 2.05) is 45.9 Å². The molecule has 4 heteroatoms. The average molecular weight is 262 g/mol. The second kappa shape index (κ2) is 6.92. The fourth-order valence-corrected chi connectivity index (χ4v) is 1.81. The number of benzene rings is 1. The molecular formula is C15H22N2O2. The molecule has 0 aliphatic carbocycles. The molecule has 1 aromatic rings. The smallest absolute Gasteiger partial charge is 0.254 e. The number of hydrogen-bond acceptors (Lipinski definition) is 2. The van der Waals surface area contributed by atoms with E-state index in [9.17, 15) is 9.59 Å². The molecule has 0 aromatic heterocycles. The minimum absolute atomic E-state index is 0.100. The van der Waals surface area contributed by atoms with Gasteiger partial charge in [0.2, 0.25) is 5.91 Å². The monoisotopic (exact) mass is 262 g/mol. The van der Waals surface area contributed by atoms with Gasteiger partial charge in [0, 0.05) is 18.7 Å². The Morgan fingerprint density at radius 3 is 2.37 bits per heavy atom. The topological polar surface area (TPSA) is 49.4 Å². The van der Waals surface area contributed by atoms with Gasteiger partial charge in [-0.1, -0.05) is 6.07 Å². The largest absolute Gasteiger partial charge is 0.355 e. The number of carbonyl (C=O) groups excluding carboxylic acids is 2. The molecule has 0 saturated heterocycles. The molecule has 0 spiro atoms. The van der Waals surface area contributed by atoms with Crippen molar-refractivity contribution in [2.45, 2.75) is 27.7 Å². The molecule has 0 heterocycles. The number of likely N-dealkylation sites (N-methyl/N-ethyl adjacent to an activating group) is 2. The van der Waals surface area contributed by atoms with Crippen molar-refractivity contribution in [3.8, 4) is 0 Å². The maximum Gasteiger partial charge on any atom is 0.254 e. The zero-order valence-electron chi connectivity index (χ0n) is 12.1. The van der Waals surface area contributed by atoms with Gasteiger partial charge in [-0.25, -0.2) is 0 Å². The Balaban J connectivity index is 2.83. The number of nitrogens with zero attached hydrogens (tertiary/aromatic N) is 1. The molecule has 1 aromatic carbocycles. The van der Waals surface area contributed by atoms with Gasteiger partial charge < -0.3 is 10.2 Å². The fraction of sp³-hybridized carbons (Fsp3) is 0.467. The van der Waals surface area contributed by atoms with Crippen molar-refractivity contribution in [2.24, 2.45) is 0 Å². The van der Waals surface area contributed by atoms with Gasteiger partial charge >= 0.3 is 0 Å². The van der Waals surface area contributed by atoms with Crippen molar-refractivity contribution in [1.82, 2.24) is 10.2 Å². The van der Waals surface area contributed by atoms with Crippen LogP contribution in [0.3, 0.4) is 0 Å². The molecule has 0 aliphatic heterocycles. The van der Waals surface area contributed by atoms with Crippen LogP contribution >= 0.6 is 0 Å². The maximum atomic E-state index is 12.3. The third-order valence-electron chi connectivity index (χ3n) is 3.13. The second-order valence-electron chi connectivity index (χ2n) is 4.57. The van der Waals surface area contributed by atoms with Gasteiger partial charge in [-0.2, -0.15) is 0 Å². The summed E-state index contributed by atoms with van der Waals surface area (Å²) in [5.41, 5.74) is 2.87. The van der Waals surface area contributed by atoms with Gasteiger partial charge in [-0.15, -0.1) is 0 Å². The number of carbonyl (C=O) groups is 2. The van der Waals surface area contributed by atoms with Crippen LogP contribution in [0.1, 0.15) is 35.3 Å². The van der Waals surface area contributed by atoms with Crippen LogP contribution < -0.4 is 5.32 Å². The third-order valence-corrected chi connectivity index (χ3v) is 3.13. The highest BCUT2D eigenvalue weighted by Gasteiger charge is 2.17. The summed E-state index contributed by atoms with van der Waals surface area (Å²) in [7, 11) is 0. The van der Waals surface area contributed by atoms with E-state index < -0.39 is 0 Å². The summed E-state index contributed by atoms with van der Waals surface area (Å²) < 4.78 is 0. The van der Waals surface area contributed by atoms with Gasteiger partial charge in [-0.3, -0.25) is 9.59 Å². The van der Waals surface area contributed by atoms with E-state index in [4.69, 9.17) is 0 Å². The van der Waals surface area contributed by atoms with Crippen molar-refractivity contribution in [2.75, 3.05) is 19.6 Å². The van der Waals surface area contributed by atoms with Crippen molar-refractivity contribution < 1.29 is 9.59 Å². The summed E-state index contributed by atoms with van der Waals surface area (Å²) in [6, 6.07) is 5.62. The summed E-state index contributed by atoms with van der Waals surface area (Å²) in [4.78, 5) is 25.4. The number of amides is 2. The molecule has 0 fully saturated rings. The lowest BCUT2D eigenvalue weighted by molar-refractivity contribution is -0.121. The van der Waals surface area contributed by atoms with Crippen LogP contribution in [-0.4, -0.2) is 36.3 Å². The van der Waals surface area contributed by atoms with Crippen molar-refractivity contribution in [1.29, 1.82) is 0 Å². The molecule has 0 bridgehead atoms. The maximum absolute atomic E-state index is 12.3. The highest BCUT2D eigenvalue weighted by molar-refractivity contribution is 5.96. The minimum Gasteiger partial charge on any atom is -0.355 e. The summed E-state index contributed by atoms with van der Waals surface area (Å²) in [5, 5.41) is 2.70. The van der Waals surface area contributed by atoms with Gasteiger partial charge in [-0.05, 0) is 51.0 Å². The molecule has 0 radical (unpaired) electrons. The third kappa shape index (κ3) is 4.09. The lowest BCUT2D eigenvalue weighted by atomic mass is 10.1. The summed E-state index contributed by atoms with van der Waals surface area (Å²) in [6.07, 6.45) is 0. The Kier molecular flexibility index (Phi) is 5.55. The quantitative estimate of drug-likeness (QED) is 0.881. The van der Waals surface area contributed by atoms with Gasteiger partial charge in [0.15, 0.2) is 0 Å². The minimum atomic E-state index is -0.124. The first-order valence-corrected chi connectivity index (χ1v) is 6.62. The lowest BCUT2D eigenvalue weighted by Crippen LogP contribution is -2.40. The van der Waals surface area contributed by atoms with Crippen molar-refractivity contribution in [3.05, 3.63) is 34.9 Å². The molecular weight excluding hydrogens is 240 g/mol. The normalized spacial score (nSPS) is 10.1. The van der Waals surface area contributed by atoms with E-state index in [-0.39, 0.29) is 18.4 Å². The molecule has 0 saturated carbocycles. The molecule has 1 rings (SSSR count). The Labute approximate surface area is 114 Å². The van der Waals surface area contributed by atoms with E-state index in [0.29, 0.717) is 18.7 Å². The first-order chi connectivity index (χ1) is 8.99. The first kappa shape index (κ1) is 15.2. The van der Waals surface area contributed by atoms with Crippen molar-refractivity contribution in [3.63, 3.8) is 0 Å². The molecule has 0 atom stereocenters. The van der Waals surface area contributed by atoms with E-state index >= 15 is 0 Å². The number of nitrogens with one attached hydrogen (secondary N) is 1. The van der Waals surface area contributed by atoms with Crippen LogP contribution in [0.15, 0.2) is 18.2 Å². The standard InChI is InChI=1S/C15H22N2O2/c1-5-16-14(18)10-17(6-2)15(19)13-8-7-11(3)12(4)9-13/h7-9H,5-6,10H2,1-4H3,(H,16,18). The Bertz CT molecular complexity index is 469. The molecule has 19 heavy (non-hydrogen) atoms. The highest BCUT2D eigenvalue weighted by atomic mass is 16.2. The lowest BCUT2D eigenvalue weighted by Gasteiger charge is -2.20. The molecule has 104 valence electrons. The predicted octanol–water partition coefficient (Wildman–Crippen LogP) is 1.90. The Hall–Kier alpha value is -1.84. The average Bonchev–Trinajstić information content (AvgIpc) is 2.38. The fourth-order valence-electron chi connectivity index (χ4n) is 1.81. The van der Waals surface area contributed by atoms with Crippen molar-refractivity contribution >= 4 is 11.8 Å². The zero-order chi connectivity index (χ0) is 14.4. The van der Waals surface area contributed by atoms with E-state index in [1.165, 1.54) is 0 Å². The summed E-state index contributed by atoms with van der Waals surface area (Å²) in [6.45, 7) is 8.92. The van der Waals surface area contributed by atoms with Gasteiger partial charge in [0.25, 0.3) is 5.91 Å². The number of aryl methyl sites for hydroxylation is 2. The van der Waals surface area contributed by atoms with E-state index in [0.717, 1.165) is 11.1 Å². The molecule has 1 N–H and O–H groups in total. The molecule has 0 aliphatic rings. The first-order valence-electron chi connectivity index (χ1n) is 6.62. The van der Waals surface area contributed by atoms with Gasteiger partial charge in [0.05, 0.1) is 6.54 Å².